The fourth-order valence-electron chi connectivity index (χ4n) is 3.35. The Kier molecular flexibility index (Phi) is 7.32. The molecule has 0 saturated carbocycles. The van der Waals surface area contributed by atoms with E-state index in [4.69, 9.17) is 5.73 Å². The van der Waals surface area contributed by atoms with Crippen molar-refractivity contribution in [3.63, 3.8) is 0 Å². The number of carbonyl (C=O) groups is 1. The van der Waals surface area contributed by atoms with Gasteiger partial charge in [-0.1, -0.05) is 20.3 Å². The van der Waals surface area contributed by atoms with Gasteiger partial charge in [-0.2, -0.15) is 4.31 Å². The van der Waals surface area contributed by atoms with Crippen molar-refractivity contribution in [1.82, 2.24) is 9.21 Å². The molecule has 2 atom stereocenters. The summed E-state index contributed by atoms with van der Waals surface area (Å²) in [4.78, 5) is 14.6. The quantitative estimate of drug-likeness (QED) is 0.764. The van der Waals surface area contributed by atoms with Crippen LogP contribution in [-0.2, 0) is 14.8 Å². The molecule has 2 aliphatic rings. The molecule has 0 aliphatic carbocycles. The third-order valence-electron chi connectivity index (χ3n) is 4.96. The molecule has 2 heterocycles. The Morgan fingerprint density at radius 2 is 2.04 bits per heavy atom. The maximum absolute atomic E-state index is 12.8. The molecule has 0 aromatic heterocycles. The zero-order chi connectivity index (χ0) is 16.4. The fourth-order valence-corrected chi connectivity index (χ4v) is 5.23. The highest BCUT2D eigenvalue weighted by atomic mass is 35.5. The van der Waals surface area contributed by atoms with Crippen LogP contribution < -0.4 is 5.73 Å². The van der Waals surface area contributed by atoms with Crippen molar-refractivity contribution in [3.8, 4) is 0 Å². The summed E-state index contributed by atoms with van der Waals surface area (Å²) in [5.74, 6) is 0.114. The maximum Gasteiger partial charge on any atom is 0.241 e. The van der Waals surface area contributed by atoms with Crippen molar-refractivity contribution in [3.05, 3.63) is 0 Å². The van der Waals surface area contributed by atoms with Crippen molar-refractivity contribution in [2.45, 2.75) is 52.0 Å². The van der Waals surface area contributed by atoms with Crippen LogP contribution in [0.4, 0.5) is 0 Å². The molecule has 2 rings (SSSR count). The Bertz CT molecular complexity index is 514. The molecule has 0 spiro atoms. The van der Waals surface area contributed by atoms with Gasteiger partial charge in [0.15, 0.2) is 0 Å². The van der Waals surface area contributed by atoms with Crippen LogP contribution >= 0.6 is 12.4 Å². The van der Waals surface area contributed by atoms with E-state index in [9.17, 15) is 13.2 Å². The third kappa shape index (κ3) is 4.59. The highest BCUT2D eigenvalue weighted by molar-refractivity contribution is 7.89. The summed E-state index contributed by atoms with van der Waals surface area (Å²) in [7, 11) is -3.32. The highest BCUT2D eigenvalue weighted by Crippen LogP contribution is 2.31. The first-order valence-corrected chi connectivity index (χ1v) is 9.92. The van der Waals surface area contributed by atoms with Crippen LogP contribution in [0, 0.1) is 5.41 Å². The van der Waals surface area contributed by atoms with Crippen LogP contribution in [0.15, 0.2) is 0 Å². The van der Waals surface area contributed by atoms with Crippen LogP contribution in [0.2, 0.25) is 0 Å². The predicted molar refractivity (Wildman–Crippen MR) is 94.0 cm³/mol. The van der Waals surface area contributed by atoms with E-state index >= 15 is 0 Å². The zero-order valence-electron chi connectivity index (χ0n) is 14.2. The summed E-state index contributed by atoms with van der Waals surface area (Å²) in [6.45, 7) is 6.42. The number of rotatable bonds is 6. The molecule has 6 nitrogen and oxygen atoms in total. The van der Waals surface area contributed by atoms with Gasteiger partial charge in [0.2, 0.25) is 15.9 Å². The number of hydrogen-bond donors (Lipinski definition) is 1. The summed E-state index contributed by atoms with van der Waals surface area (Å²) < 4.78 is 26.3. The minimum atomic E-state index is -3.32. The molecule has 2 unspecified atom stereocenters. The lowest BCUT2D eigenvalue weighted by Crippen LogP contribution is -2.48. The number of hydrogen-bond acceptors (Lipinski definition) is 4. The number of nitrogens with two attached hydrogens (primary N) is 1. The maximum atomic E-state index is 12.8. The van der Waals surface area contributed by atoms with Crippen molar-refractivity contribution in [2.75, 3.05) is 31.9 Å². The van der Waals surface area contributed by atoms with Crippen LogP contribution in [-0.4, -0.2) is 61.5 Å². The summed E-state index contributed by atoms with van der Waals surface area (Å²) >= 11 is 0. The topological polar surface area (TPSA) is 83.7 Å². The van der Waals surface area contributed by atoms with Gasteiger partial charge in [-0.05, 0) is 37.6 Å². The lowest BCUT2D eigenvalue weighted by atomic mass is 9.90. The van der Waals surface area contributed by atoms with Gasteiger partial charge in [-0.3, -0.25) is 4.79 Å². The molecule has 23 heavy (non-hydrogen) atoms. The second kappa shape index (κ2) is 8.14. The second-order valence-electron chi connectivity index (χ2n) is 6.96. The van der Waals surface area contributed by atoms with Gasteiger partial charge in [0.1, 0.15) is 6.04 Å². The molecule has 8 heteroatoms. The number of nitrogens with zero attached hydrogens (tertiary/aromatic N) is 2. The highest BCUT2D eigenvalue weighted by Gasteiger charge is 2.43. The van der Waals surface area contributed by atoms with E-state index < -0.39 is 16.1 Å². The molecular weight excluding hydrogens is 338 g/mol. The normalized spacial score (nSPS) is 28.8. The molecule has 2 aliphatic heterocycles. The van der Waals surface area contributed by atoms with E-state index in [0.717, 1.165) is 19.3 Å². The monoisotopic (exact) mass is 367 g/mol. The molecule has 2 saturated heterocycles. The van der Waals surface area contributed by atoms with E-state index in [1.807, 2.05) is 11.8 Å². The Labute approximate surface area is 146 Å². The molecule has 136 valence electrons. The van der Waals surface area contributed by atoms with Crippen molar-refractivity contribution in [1.29, 1.82) is 0 Å². The summed E-state index contributed by atoms with van der Waals surface area (Å²) in [6.07, 6.45) is 3.79. The number of carbonyl (C=O) groups excluding carboxylic acids is 1. The molecule has 2 fully saturated rings. The van der Waals surface area contributed by atoms with Gasteiger partial charge in [0, 0.05) is 19.6 Å². The van der Waals surface area contributed by atoms with Crippen LogP contribution in [0.25, 0.3) is 0 Å². The first-order valence-electron chi connectivity index (χ1n) is 8.31. The molecular formula is C15H30ClN3O3S. The lowest BCUT2D eigenvalue weighted by Gasteiger charge is -2.28. The summed E-state index contributed by atoms with van der Waals surface area (Å²) in [6, 6.07) is -0.498. The Balaban J connectivity index is 0.00000264. The number of likely N-dealkylation sites (tertiary alicyclic amines) is 1. The molecule has 0 aromatic carbocycles. The average molecular weight is 368 g/mol. The number of halogens is 1. The summed E-state index contributed by atoms with van der Waals surface area (Å²) in [5, 5.41) is 0. The second-order valence-corrected chi connectivity index (χ2v) is 9.00. The first-order chi connectivity index (χ1) is 10.3. The Morgan fingerprint density at radius 3 is 2.61 bits per heavy atom. The van der Waals surface area contributed by atoms with Gasteiger partial charge < -0.3 is 10.6 Å². The van der Waals surface area contributed by atoms with E-state index in [2.05, 4.69) is 6.92 Å². The Morgan fingerprint density at radius 1 is 1.35 bits per heavy atom. The molecule has 2 N–H and O–H groups in total. The number of unbranched alkanes of at least 4 members (excludes halogenated alkanes) is 1. The van der Waals surface area contributed by atoms with E-state index in [1.54, 1.807) is 0 Å². The standard InChI is InChI=1S/C15H29N3O3S.ClH/c1-3-4-10-22(20,21)18-8-5-6-13(18)14(19)17-9-7-15(2,11-16)12-17;/h13H,3-12,16H2,1-2H3;1H. The van der Waals surface area contributed by atoms with Crippen LogP contribution in [0.5, 0.6) is 0 Å². The molecule has 0 radical (unpaired) electrons. The van der Waals surface area contributed by atoms with Crippen molar-refractivity contribution < 1.29 is 13.2 Å². The largest absolute Gasteiger partial charge is 0.341 e. The Hall–Kier alpha value is -0.370. The molecule has 0 aromatic rings. The van der Waals surface area contributed by atoms with Gasteiger partial charge >= 0.3 is 0 Å². The van der Waals surface area contributed by atoms with Crippen molar-refractivity contribution in [2.24, 2.45) is 11.1 Å². The molecule has 1 amide bonds. The van der Waals surface area contributed by atoms with E-state index in [-0.39, 0.29) is 29.5 Å². The van der Waals surface area contributed by atoms with Gasteiger partial charge in [0.05, 0.1) is 5.75 Å². The zero-order valence-corrected chi connectivity index (χ0v) is 15.8. The summed E-state index contributed by atoms with van der Waals surface area (Å²) in [5.41, 5.74) is 5.76. The smallest absolute Gasteiger partial charge is 0.241 e. The van der Waals surface area contributed by atoms with Gasteiger partial charge in [0.25, 0.3) is 0 Å². The van der Waals surface area contributed by atoms with E-state index in [0.29, 0.717) is 39.0 Å². The molecule has 0 bridgehead atoms. The number of amides is 1. The van der Waals surface area contributed by atoms with Crippen LogP contribution in [0.3, 0.4) is 0 Å². The minimum absolute atomic E-state index is 0. The third-order valence-corrected chi connectivity index (χ3v) is 6.92. The van der Waals surface area contributed by atoms with Crippen LogP contribution in [0.1, 0.15) is 46.0 Å². The lowest BCUT2D eigenvalue weighted by molar-refractivity contribution is -0.133. The first kappa shape index (κ1) is 20.7. The minimum Gasteiger partial charge on any atom is -0.341 e. The predicted octanol–water partition coefficient (Wildman–Crippen LogP) is 1.20. The van der Waals surface area contributed by atoms with E-state index in [1.165, 1.54) is 4.31 Å². The average Bonchev–Trinajstić information content (AvgIpc) is 3.12. The fraction of sp³-hybridized carbons (Fsp3) is 0.933. The van der Waals surface area contributed by atoms with Gasteiger partial charge in [-0.15, -0.1) is 12.4 Å². The number of sulfonamides is 1. The van der Waals surface area contributed by atoms with Crippen molar-refractivity contribution >= 4 is 28.3 Å². The van der Waals surface area contributed by atoms with Gasteiger partial charge in [-0.25, -0.2) is 8.42 Å². The SMILES string of the molecule is CCCCS(=O)(=O)N1CCCC1C(=O)N1CCC(C)(CN)C1.Cl.